The van der Waals surface area contributed by atoms with Crippen LogP contribution in [0.15, 0.2) is 48.2 Å². The van der Waals surface area contributed by atoms with Gasteiger partial charge in [0.2, 0.25) is 0 Å². The molecule has 0 amide bonds. The quantitative estimate of drug-likeness (QED) is 0.727. The zero-order valence-corrected chi connectivity index (χ0v) is 15.7. The molecule has 4 rings (SSSR count). The molecule has 0 bridgehead atoms. The van der Waals surface area contributed by atoms with E-state index in [1.807, 2.05) is 24.5 Å². The topological polar surface area (TPSA) is 77.7 Å². The molecule has 4 heterocycles. The molecule has 0 aliphatic carbocycles. The summed E-state index contributed by atoms with van der Waals surface area (Å²) in [6.45, 7) is 3.13. The van der Waals surface area contributed by atoms with Crippen LogP contribution < -0.4 is 5.32 Å². The minimum Gasteiger partial charge on any atom is -0.330 e. The lowest BCUT2D eigenvalue weighted by molar-refractivity contribution is 0.199. The monoisotopic (exact) mass is 376 g/mol. The van der Waals surface area contributed by atoms with E-state index in [4.69, 9.17) is 10.2 Å². The number of hydrogen-bond acceptors (Lipinski definition) is 7. The first-order chi connectivity index (χ1) is 13.3. The van der Waals surface area contributed by atoms with Crippen molar-refractivity contribution in [2.45, 2.75) is 25.3 Å². The summed E-state index contributed by atoms with van der Waals surface area (Å²) >= 11 is 1.61. The van der Waals surface area contributed by atoms with Crippen molar-refractivity contribution in [1.29, 1.82) is 5.26 Å². The van der Waals surface area contributed by atoms with E-state index >= 15 is 0 Å². The molecule has 1 atom stereocenters. The minimum atomic E-state index is 0.414. The number of piperidine rings is 1. The number of nitriles is 1. The number of likely N-dealkylation sites (tertiary alicyclic amines) is 1. The molecule has 27 heavy (non-hydrogen) atoms. The average Bonchev–Trinajstić information content (AvgIpc) is 3.18. The lowest BCUT2D eigenvalue weighted by Crippen LogP contribution is -2.34. The Hall–Kier alpha value is -2.82. The number of rotatable bonds is 5. The second kappa shape index (κ2) is 8.25. The molecular weight excluding hydrogens is 356 g/mol. The maximum absolute atomic E-state index is 8.83. The van der Waals surface area contributed by atoms with Crippen LogP contribution in [0.1, 0.15) is 35.7 Å². The summed E-state index contributed by atoms with van der Waals surface area (Å²) < 4.78 is 0. The maximum atomic E-state index is 8.83. The zero-order valence-electron chi connectivity index (χ0n) is 14.9. The van der Waals surface area contributed by atoms with Gasteiger partial charge in [-0.15, -0.1) is 11.3 Å². The largest absolute Gasteiger partial charge is 0.330 e. The van der Waals surface area contributed by atoms with Gasteiger partial charge in [-0.3, -0.25) is 9.88 Å². The van der Waals surface area contributed by atoms with E-state index in [0.29, 0.717) is 11.6 Å². The van der Waals surface area contributed by atoms with Crippen LogP contribution in [-0.2, 0) is 6.54 Å². The first-order valence-corrected chi connectivity index (χ1v) is 9.88. The Kier molecular flexibility index (Phi) is 5.37. The van der Waals surface area contributed by atoms with Crippen LogP contribution in [-0.4, -0.2) is 32.9 Å². The first-order valence-electron chi connectivity index (χ1n) is 9.00. The second-order valence-electron chi connectivity index (χ2n) is 6.68. The Balaban J connectivity index is 1.39. The van der Waals surface area contributed by atoms with Crippen LogP contribution in [0.25, 0.3) is 0 Å². The number of aromatic nitrogens is 3. The van der Waals surface area contributed by atoms with Crippen LogP contribution >= 0.6 is 11.3 Å². The molecule has 3 aromatic heterocycles. The normalized spacial score (nSPS) is 17.4. The molecule has 6 nitrogen and oxygen atoms in total. The Morgan fingerprint density at radius 1 is 1.26 bits per heavy atom. The molecule has 0 radical (unpaired) electrons. The second-order valence-corrected chi connectivity index (χ2v) is 7.53. The molecule has 136 valence electrons. The lowest BCUT2D eigenvalue weighted by Gasteiger charge is -2.32. The minimum absolute atomic E-state index is 0.414. The molecule has 7 heteroatoms. The SMILES string of the molecule is N#Cc1ccc(Nc2nc([C@@H]3CCCN(Cc4ccncc4)C3)cs2)cn1. The summed E-state index contributed by atoms with van der Waals surface area (Å²) in [6, 6.07) is 9.75. The van der Waals surface area contributed by atoms with E-state index in [1.54, 1.807) is 23.6 Å². The molecule has 1 fully saturated rings. The molecular formula is C20H20N6S. The Morgan fingerprint density at radius 3 is 2.93 bits per heavy atom. The van der Waals surface area contributed by atoms with Gasteiger partial charge in [0.15, 0.2) is 5.13 Å². The van der Waals surface area contributed by atoms with Crippen molar-refractivity contribution >= 4 is 22.2 Å². The van der Waals surface area contributed by atoms with Gasteiger partial charge in [0.1, 0.15) is 11.8 Å². The highest BCUT2D eigenvalue weighted by atomic mass is 32.1. The van der Waals surface area contributed by atoms with E-state index in [2.05, 4.69) is 37.7 Å². The highest BCUT2D eigenvalue weighted by Crippen LogP contribution is 2.31. The molecule has 1 aliphatic rings. The van der Waals surface area contributed by atoms with E-state index < -0.39 is 0 Å². The van der Waals surface area contributed by atoms with Crippen molar-refractivity contribution in [3.8, 4) is 6.07 Å². The van der Waals surface area contributed by atoms with Crippen molar-refractivity contribution in [2.24, 2.45) is 0 Å². The van der Waals surface area contributed by atoms with Gasteiger partial charge in [-0.25, -0.2) is 9.97 Å². The molecule has 0 aromatic carbocycles. The van der Waals surface area contributed by atoms with Crippen LogP contribution in [0, 0.1) is 11.3 Å². The molecule has 0 saturated carbocycles. The van der Waals surface area contributed by atoms with Gasteiger partial charge in [-0.2, -0.15) is 5.26 Å². The first kappa shape index (κ1) is 17.6. The lowest BCUT2D eigenvalue weighted by atomic mass is 9.95. The van der Waals surface area contributed by atoms with Crippen LogP contribution in [0.4, 0.5) is 10.8 Å². The summed E-state index contributed by atoms with van der Waals surface area (Å²) in [4.78, 5) is 15.5. The van der Waals surface area contributed by atoms with Crippen LogP contribution in [0.5, 0.6) is 0 Å². The summed E-state index contributed by atoms with van der Waals surface area (Å²) in [5.74, 6) is 0.464. The third-order valence-electron chi connectivity index (χ3n) is 4.73. The molecule has 1 N–H and O–H groups in total. The standard InChI is InChI=1S/C20H20N6S/c21-10-17-3-4-18(11-23-17)24-20-25-19(14-27-20)16-2-1-9-26(13-16)12-15-5-7-22-8-6-15/h3-8,11,14,16H,1-2,9,12-13H2,(H,24,25)/t16-/m1/s1. The highest BCUT2D eigenvalue weighted by Gasteiger charge is 2.23. The van der Waals surface area contributed by atoms with Gasteiger partial charge in [-0.05, 0) is 49.2 Å². The van der Waals surface area contributed by atoms with Crippen LogP contribution in [0.3, 0.4) is 0 Å². The smallest absolute Gasteiger partial charge is 0.187 e. The predicted molar refractivity (Wildman–Crippen MR) is 106 cm³/mol. The fraction of sp³-hybridized carbons (Fsp3) is 0.300. The van der Waals surface area contributed by atoms with E-state index in [9.17, 15) is 0 Å². The van der Waals surface area contributed by atoms with Gasteiger partial charge in [-0.1, -0.05) is 0 Å². The summed E-state index contributed by atoms with van der Waals surface area (Å²) in [7, 11) is 0. The number of nitrogens with zero attached hydrogens (tertiary/aromatic N) is 5. The molecule has 3 aromatic rings. The van der Waals surface area contributed by atoms with Gasteiger partial charge in [0, 0.05) is 36.8 Å². The number of pyridine rings is 2. The van der Waals surface area contributed by atoms with Gasteiger partial charge in [0.05, 0.1) is 17.6 Å². The van der Waals surface area contributed by atoms with E-state index in [1.165, 1.54) is 18.4 Å². The highest BCUT2D eigenvalue weighted by molar-refractivity contribution is 7.13. The van der Waals surface area contributed by atoms with Gasteiger partial charge in [0.25, 0.3) is 0 Å². The van der Waals surface area contributed by atoms with E-state index in [-0.39, 0.29) is 0 Å². The number of hydrogen-bond donors (Lipinski definition) is 1. The third kappa shape index (κ3) is 4.48. The molecule has 1 aliphatic heterocycles. The number of thiazole rings is 1. The summed E-state index contributed by atoms with van der Waals surface area (Å²) in [5, 5.41) is 15.1. The van der Waals surface area contributed by atoms with Crippen molar-refractivity contribution in [3.63, 3.8) is 0 Å². The van der Waals surface area contributed by atoms with Gasteiger partial charge >= 0.3 is 0 Å². The molecule has 1 saturated heterocycles. The fourth-order valence-electron chi connectivity index (χ4n) is 3.38. The van der Waals surface area contributed by atoms with E-state index in [0.717, 1.165) is 36.1 Å². The zero-order chi connectivity index (χ0) is 18.5. The number of nitrogens with one attached hydrogen (secondary N) is 1. The Morgan fingerprint density at radius 2 is 2.15 bits per heavy atom. The van der Waals surface area contributed by atoms with Gasteiger partial charge < -0.3 is 5.32 Å². The average molecular weight is 376 g/mol. The van der Waals surface area contributed by atoms with Crippen molar-refractivity contribution < 1.29 is 0 Å². The summed E-state index contributed by atoms with van der Waals surface area (Å²) in [6.07, 6.45) is 7.74. The predicted octanol–water partition coefficient (Wildman–Crippen LogP) is 3.93. The maximum Gasteiger partial charge on any atom is 0.187 e. The third-order valence-corrected chi connectivity index (χ3v) is 5.51. The molecule has 0 unspecified atom stereocenters. The molecule has 0 spiro atoms. The fourth-order valence-corrected chi connectivity index (χ4v) is 4.19. The summed E-state index contributed by atoms with van der Waals surface area (Å²) in [5.41, 5.74) is 3.72. The number of anilines is 2. The van der Waals surface area contributed by atoms with Crippen molar-refractivity contribution in [1.82, 2.24) is 19.9 Å². The Bertz CT molecular complexity index is 916. The van der Waals surface area contributed by atoms with Crippen molar-refractivity contribution in [2.75, 3.05) is 18.4 Å². The van der Waals surface area contributed by atoms with Crippen molar-refractivity contribution in [3.05, 3.63) is 65.2 Å². The van der Waals surface area contributed by atoms with Crippen LogP contribution in [0.2, 0.25) is 0 Å². The Labute approximate surface area is 162 Å².